The lowest BCUT2D eigenvalue weighted by Gasteiger charge is -2.18. The summed E-state index contributed by atoms with van der Waals surface area (Å²) >= 11 is 0. The van der Waals surface area contributed by atoms with Crippen molar-refractivity contribution in [3.05, 3.63) is 11.8 Å². The van der Waals surface area contributed by atoms with Gasteiger partial charge in [0.15, 0.2) is 0 Å². The second-order valence-corrected chi connectivity index (χ2v) is 5.32. The van der Waals surface area contributed by atoms with Gasteiger partial charge in [-0.05, 0) is 51.5 Å². The van der Waals surface area contributed by atoms with Gasteiger partial charge in [0, 0.05) is 23.4 Å². The summed E-state index contributed by atoms with van der Waals surface area (Å²) in [5, 5.41) is 0. The fourth-order valence-corrected chi connectivity index (χ4v) is 2.31. The highest BCUT2D eigenvalue weighted by atomic mass is 14.8. The number of hydrogen-bond acceptors (Lipinski definition) is 2. The second kappa shape index (κ2) is 9.18. The number of allylic oxidation sites excluding steroid dienone is 2. The third kappa shape index (κ3) is 5.70. The average Bonchev–Trinajstić information content (AvgIpc) is 2.31. The van der Waals surface area contributed by atoms with Gasteiger partial charge < -0.3 is 5.73 Å². The molecule has 2 N–H and O–H groups in total. The van der Waals surface area contributed by atoms with Crippen LogP contribution in [0.1, 0.15) is 67.2 Å². The molecule has 0 aromatic carbocycles. The van der Waals surface area contributed by atoms with Gasteiger partial charge in [-0.2, -0.15) is 0 Å². The highest BCUT2D eigenvalue weighted by molar-refractivity contribution is 5.97. The smallest absolute Gasteiger partial charge is 0.0446 e. The van der Waals surface area contributed by atoms with E-state index >= 15 is 0 Å². The molecule has 0 spiro atoms. The number of rotatable bonds is 8. The van der Waals surface area contributed by atoms with Gasteiger partial charge in [-0.25, -0.2) is 0 Å². The lowest BCUT2D eigenvalue weighted by Crippen LogP contribution is -2.18. The van der Waals surface area contributed by atoms with Crippen molar-refractivity contribution in [1.29, 1.82) is 0 Å². The molecule has 0 saturated heterocycles. The molecule has 0 heterocycles. The Morgan fingerprint density at radius 2 is 1.39 bits per heavy atom. The Morgan fingerprint density at radius 3 is 1.72 bits per heavy atom. The van der Waals surface area contributed by atoms with E-state index in [0.29, 0.717) is 17.9 Å². The Bertz CT molecular complexity index is 269. The molecule has 2 nitrogen and oxygen atoms in total. The minimum absolute atomic E-state index is 0.339. The summed E-state index contributed by atoms with van der Waals surface area (Å²) < 4.78 is 0. The van der Waals surface area contributed by atoms with Crippen LogP contribution in [0.4, 0.5) is 0 Å². The predicted octanol–water partition coefficient (Wildman–Crippen LogP) is 4.55. The average molecular weight is 252 g/mol. The van der Waals surface area contributed by atoms with Crippen LogP contribution in [-0.2, 0) is 0 Å². The Hall–Kier alpha value is -0.790. The Morgan fingerprint density at radius 1 is 0.944 bits per heavy atom. The minimum Gasteiger partial charge on any atom is -0.402 e. The van der Waals surface area contributed by atoms with Crippen LogP contribution in [0, 0.1) is 11.8 Å². The summed E-state index contributed by atoms with van der Waals surface area (Å²) in [6.07, 6.45) is 6.63. The third-order valence-corrected chi connectivity index (χ3v) is 3.58. The Balaban J connectivity index is 5.15. The first kappa shape index (κ1) is 17.2. The lowest BCUT2D eigenvalue weighted by atomic mass is 9.92. The molecule has 0 saturated carbocycles. The number of nitrogens with two attached hydrogens (primary N) is 1. The molecule has 18 heavy (non-hydrogen) atoms. The van der Waals surface area contributed by atoms with E-state index in [4.69, 9.17) is 10.7 Å². The van der Waals surface area contributed by atoms with Crippen LogP contribution in [0.2, 0.25) is 0 Å². The normalized spacial score (nSPS) is 14.1. The van der Waals surface area contributed by atoms with Gasteiger partial charge in [-0.1, -0.05) is 27.7 Å². The first-order valence-electron chi connectivity index (χ1n) is 7.54. The van der Waals surface area contributed by atoms with E-state index in [0.717, 1.165) is 31.4 Å². The van der Waals surface area contributed by atoms with E-state index in [9.17, 15) is 0 Å². The van der Waals surface area contributed by atoms with Gasteiger partial charge in [0.05, 0.1) is 0 Å². The quantitative estimate of drug-likeness (QED) is 0.632. The van der Waals surface area contributed by atoms with Crippen LogP contribution < -0.4 is 5.73 Å². The SMILES string of the molecule is CCC(CC)C(N)=CC(=NC(C)C)C(CC)CC. The molecule has 0 atom stereocenters. The van der Waals surface area contributed by atoms with E-state index < -0.39 is 0 Å². The van der Waals surface area contributed by atoms with Crippen LogP contribution in [0.15, 0.2) is 16.8 Å². The standard InChI is InChI=1S/C16H32N2/c1-7-13(8-2)15(17)11-16(18-12(5)6)14(9-3)10-4/h11-14H,7-10,17H2,1-6H3. The zero-order valence-corrected chi connectivity index (χ0v) is 13.2. The van der Waals surface area contributed by atoms with Crippen molar-refractivity contribution in [2.75, 3.05) is 0 Å². The van der Waals surface area contributed by atoms with Crippen LogP contribution in [0.5, 0.6) is 0 Å². The van der Waals surface area contributed by atoms with Crippen LogP contribution in [0.25, 0.3) is 0 Å². The zero-order chi connectivity index (χ0) is 14.1. The summed E-state index contributed by atoms with van der Waals surface area (Å²) in [5.41, 5.74) is 8.44. The van der Waals surface area contributed by atoms with Crippen LogP contribution >= 0.6 is 0 Å². The molecule has 0 bridgehead atoms. The molecular weight excluding hydrogens is 220 g/mol. The van der Waals surface area contributed by atoms with Gasteiger partial charge in [-0.3, -0.25) is 4.99 Å². The highest BCUT2D eigenvalue weighted by Crippen LogP contribution is 2.18. The Labute approximate surface area is 114 Å². The highest BCUT2D eigenvalue weighted by Gasteiger charge is 2.13. The summed E-state index contributed by atoms with van der Waals surface area (Å²) in [6.45, 7) is 13.1. The molecule has 2 heteroatoms. The molecule has 0 aliphatic carbocycles. The molecule has 0 aliphatic heterocycles. The minimum atomic E-state index is 0.339. The van der Waals surface area contributed by atoms with Gasteiger partial charge in [0.25, 0.3) is 0 Å². The van der Waals surface area contributed by atoms with Crippen LogP contribution in [0.3, 0.4) is 0 Å². The molecule has 0 aromatic heterocycles. The predicted molar refractivity (Wildman–Crippen MR) is 83.0 cm³/mol. The molecule has 0 amide bonds. The number of aliphatic imine (C=N–C) groups is 1. The Kier molecular flexibility index (Phi) is 8.78. The van der Waals surface area contributed by atoms with Gasteiger partial charge in [0.1, 0.15) is 0 Å². The van der Waals surface area contributed by atoms with Gasteiger partial charge in [-0.15, -0.1) is 0 Å². The van der Waals surface area contributed by atoms with Crippen LogP contribution in [-0.4, -0.2) is 11.8 Å². The fourth-order valence-electron chi connectivity index (χ4n) is 2.31. The maximum absolute atomic E-state index is 6.24. The summed E-state index contributed by atoms with van der Waals surface area (Å²) in [7, 11) is 0. The van der Waals surface area contributed by atoms with E-state index in [1.807, 2.05) is 0 Å². The topological polar surface area (TPSA) is 38.4 Å². The van der Waals surface area contributed by atoms with Crippen molar-refractivity contribution in [1.82, 2.24) is 0 Å². The summed E-state index contributed by atoms with van der Waals surface area (Å²) in [5.74, 6) is 1.04. The van der Waals surface area contributed by atoms with Crippen molar-refractivity contribution in [2.45, 2.75) is 73.3 Å². The molecule has 0 fully saturated rings. The van der Waals surface area contributed by atoms with Gasteiger partial charge in [0.2, 0.25) is 0 Å². The maximum Gasteiger partial charge on any atom is 0.0446 e. The molecule has 0 unspecified atom stereocenters. The van der Waals surface area contributed by atoms with Crippen molar-refractivity contribution < 1.29 is 0 Å². The second-order valence-electron chi connectivity index (χ2n) is 5.32. The van der Waals surface area contributed by atoms with Crippen molar-refractivity contribution in [2.24, 2.45) is 22.6 Å². The first-order chi connectivity index (χ1) is 8.49. The number of nitrogens with zero attached hydrogens (tertiary/aromatic N) is 1. The molecule has 0 rings (SSSR count). The van der Waals surface area contributed by atoms with Crippen molar-refractivity contribution >= 4 is 5.71 Å². The number of hydrogen-bond donors (Lipinski definition) is 1. The van der Waals surface area contributed by atoms with E-state index in [2.05, 4.69) is 47.6 Å². The van der Waals surface area contributed by atoms with Crippen molar-refractivity contribution in [3.63, 3.8) is 0 Å². The van der Waals surface area contributed by atoms with E-state index in [-0.39, 0.29) is 0 Å². The van der Waals surface area contributed by atoms with Gasteiger partial charge >= 0.3 is 0 Å². The van der Waals surface area contributed by atoms with Crippen molar-refractivity contribution in [3.8, 4) is 0 Å². The molecule has 0 aromatic rings. The molecule has 106 valence electrons. The third-order valence-electron chi connectivity index (χ3n) is 3.58. The molecular formula is C16H32N2. The van der Waals surface area contributed by atoms with E-state index in [1.165, 1.54) is 5.71 Å². The maximum atomic E-state index is 6.24. The summed E-state index contributed by atoms with van der Waals surface area (Å²) in [6, 6.07) is 0.339. The molecule has 0 radical (unpaired) electrons. The summed E-state index contributed by atoms with van der Waals surface area (Å²) in [4.78, 5) is 4.77. The zero-order valence-electron chi connectivity index (χ0n) is 13.2. The lowest BCUT2D eigenvalue weighted by molar-refractivity contribution is 0.565. The van der Waals surface area contributed by atoms with E-state index in [1.54, 1.807) is 0 Å². The fraction of sp³-hybridized carbons (Fsp3) is 0.812. The largest absolute Gasteiger partial charge is 0.402 e. The molecule has 0 aliphatic rings. The first-order valence-corrected chi connectivity index (χ1v) is 7.54. The monoisotopic (exact) mass is 252 g/mol.